The van der Waals surface area contributed by atoms with Gasteiger partial charge in [-0.25, -0.2) is 4.39 Å². The van der Waals surface area contributed by atoms with Crippen LogP contribution in [-0.4, -0.2) is 6.17 Å². The van der Waals surface area contributed by atoms with E-state index in [0.717, 1.165) is 18.8 Å². The van der Waals surface area contributed by atoms with Gasteiger partial charge in [0.15, 0.2) is 0 Å². The molecule has 0 bridgehead atoms. The highest BCUT2D eigenvalue weighted by molar-refractivity contribution is 5.68. The van der Waals surface area contributed by atoms with Gasteiger partial charge in [0.05, 0.1) is 0 Å². The monoisotopic (exact) mass is 408 g/mol. The molecule has 1 fully saturated rings. The van der Waals surface area contributed by atoms with Crippen LogP contribution in [0.2, 0.25) is 0 Å². The van der Waals surface area contributed by atoms with Crippen molar-refractivity contribution in [3.63, 3.8) is 0 Å². The van der Waals surface area contributed by atoms with Crippen LogP contribution >= 0.6 is 0 Å². The summed E-state index contributed by atoms with van der Waals surface area (Å²) in [6.45, 7) is 4.51. The molecule has 1 atom stereocenters. The summed E-state index contributed by atoms with van der Waals surface area (Å²) >= 11 is 0. The molecule has 1 heteroatoms. The Morgan fingerprint density at radius 1 is 0.867 bits per heavy atom. The van der Waals surface area contributed by atoms with Crippen LogP contribution in [-0.2, 0) is 6.42 Å². The minimum atomic E-state index is -0.736. The highest BCUT2D eigenvalue weighted by Crippen LogP contribution is 2.39. The van der Waals surface area contributed by atoms with Gasteiger partial charge in [-0.1, -0.05) is 101 Å². The third-order valence-corrected chi connectivity index (χ3v) is 7.04. The highest BCUT2D eigenvalue weighted by Gasteiger charge is 2.23. The van der Waals surface area contributed by atoms with Gasteiger partial charge in [0.2, 0.25) is 0 Å². The molecule has 0 radical (unpaired) electrons. The fourth-order valence-electron chi connectivity index (χ4n) is 5.26. The van der Waals surface area contributed by atoms with Crippen LogP contribution in [0, 0.1) is 5.92 Å². The topological polar surface area (TPSA) is 0 Å². The molecule has 164 valence electrons. The van der Waals surface area contributed by atoms with E-state index in [-0.39, 0.29) is 0 Å². The Morgan fingerprint density at radius 3 is 2.33 bits per heavy atom. The summed E-state index contributed by atoms with van der Waals surface area (Å²) in [6, 6.07) is 17.5. The van der Waals surface area contributed by atoms with Crippen LogP contribution in [0.15, 0.2) is 48.5 Å². The molecule has 0 nitrogen and oxygen atoms in total. The molecule has 0 aliphatic heterocycles. The molecular formula is C29H41F. The average molecular weight is 409 g/mol. The molecule has 30 heavy (non-hydrogen) atoms. The highest BCUT2D eigenvalue weighted by atomic mass is 19.1. The first kappa shape index (κ1) is 23.0. The largest absolute Gasteiger partial charge is 0.247 e. The maximum atomic E-state index is 14.9. The lowest BCUT2D eigenvalue weighted by atomic mass is 9.76. The van der Waals surface area contributed by atoms with Crippen molar-refractivity contribution in [2.24, 2.45) is 5.92 Å². The lowest BCUT2D eigenvalue weighted by molar-refractivity contribution is 0.302. The molecule has 0 saturated heterocycles. The molecule has 0 N–H and O–H groups in total. The maximum Gasteiger partial charge on any atom is 0.104 e. The smallest absolute Gasteiger partial charge is 0.104 e. The molecule has 2 aromatic carbocycles. The second-order valence-electron chi connectivity index (χ2n) is 9.44. The number of hydrogen-bond acceptors (Lipinski definition) is 0. The van der Waals surface area contributed by atoms with E-state index < -0.39 is 6.17 Å². The second-order valence-corrected chi connectivity index (χ2v) is 9.44. The zero-order valence-corrected chi connectivity index (χ0v) is 19.2. The molecule has 1 unspecified atom stereocenters. The lowest BCUT2D eigenvalue weighted by Gasteiger charge is -2.29. The first-order valence-corrected chi connectivity index (χ1v) is 12.5. The zero-order valence-electron chi connectivity index (χ0n) is 19.2. The van der Waals surface area contributed by atoms with Crippen molar-refractivity contribution >= 4 is 0 Å². The van der Waals surface area contributed by atoms with Crippen LogP contribution in [0.4, 0.5) is 4.39 Å². The van der Waals surface area contributed by atoms with E-state index in [9.17, 15) is 4.39 Å². The number of halogens is 1. The molecule has 1 aliphatic rings. The van der Waals surface area contributed by atoms with E-state index in [0.29, 0.717) is 18.8 Å². The van der Waals surface area contributed by atoms with Crippen molar-refractivity contribution in [1.82, 2.24) is 0 Å². The third-order valence-electron chi connectivity index (χ3n) is 7.04. The summed E-state index contributed by atoms with van der Waals surface area (Å²) in [5.41, 5.74) is 5.08. The Hall–Kier alpha value is -1.63. The van der Waals surface area contributed by atoms with Gasteiger partial charge in [-0.3, -0.25) is 0 Å². The Balaban J connectivity index is 1.74. The molecule has 2 aromatic rings. The van der Waals surface area contributed by atoms with Crippen molar-refractivity contribution in [2.75, 3.05) is 0 Å². The molecule has 0 amide bonds. The van der Waals surface area contributed by atoms with Gasteiger partial charge in [-0.2, -0.15) is 0 Å². The fraction of sp³-hybridized carbons (Fsp3) is 0.586. The molecule has 0 aromatic heterocycles. The second kappa shape index (κ2) is 12.3. The van der Waals surface area contributed by atoms with Crippen molar-refractivity contribution in [3.8, 4) is 11.1 Å². The van der Waals surface area contributed by atoms with Gasteiger partial charge >= 0.3 is 0 Å². The van der Waals surface area contributed by atoms with Gasteiger partial charge in [0, 0.05) is 6.42 Å². The SMILES string of the molecule is CCCCCCC(F)Cc1cc(C2CCC(CCC)CC2)ccc1-c1ccccc1. The molecule has 0 spiro atoms. The maximum absolute atomic E-state index is 14.9. The number of alkyl halides is 1. The molecule has 1 saturated carbocycles. The molecular weight excluding hydrogens is 367 g/mol. The Labute approximate surface area is 184 Å². The van der Waals surface area contributed by atoms with Crippen molar-refractivity contribution in [2.45, 2.75) is 103 Å². The standard InChI is InChI=1S/C29H41F/c1-3-5-6-10-14-28(30)22-27-21-26(24-17-15-23(11-4-2)16-18-24)19-20-29(27)25-12-8-7-9-13-25/h7-9,12-13,19-21,23-24,28H,3-6,10-11,14-18,22H2,1-2H3. The number of rotatable bonds is 11. The quantitative estimate of drug-likeness (QED) is 0.325. The summed E-state index contributed by atoms with van der Waals surface area (Å²) in [4.78, 5) is 0. The van der Waals surface area contributed by atoms with Crippen molar-refractivity contribution in [1.29, 1.82) is 0 Å². The predicted molar refractivity (Wildman–Crippen MR) is 129 cm³/mol. The summed E-state index contributed by atoms with van der Waals surface area (Å²) < 4.78 is 14.9. The lowest BCUT2D eigenvalue weighted by Crippen LogP contribution is -2.14. The number of unbranched alkanes of at least 4 members (excludes halogenated alkanes) is 3. The Bertz CT molecular complexity index is 727. The first-order chi connectivity index (χ1) is 14.7. The van der Waals surface area contributed by atoms with Crippen LogP contribution in [0.25, 0.3) is 11.1 Å². The van der Waals surface area contributed by atoms with Crippen molar-refractivity contribution < 1.29 is 4.39 Å². The Morgan fingerprint density at radius 2 is 1.63 bits per heavy atom. The van der Waals surface area contributed by atoms with E-state index in [1.165, 1.54) is 73.6 Å². The van der Waals surface area contributed by atoms with Gasteiger partial charge in [-0.15, -0.1) is 0 Å². The van der Waals surface area contributed by atoms with Crippen LogP contribution in [0.3, 0.4) is 0 Å². The van der Waals surface area contributed by atoms with Gasteiger partial charge < -0.3 is 0 Å². The third kappa shape index (κ3) is 6.69. The molecule has 0 heterocycles. The summed E-state index contributed by atoms with van der Waals surface area (Å²) in [6.07, 6.45) is 13.1. The average Bonchev–Trinajstić information content (AvgIpc) is 2.78. The van der Waals surface area contributed by atoms with E-state index in [4.69, 9.17) is 0 Å². The Kier molecular flexibility index (Phi) is 9.43. The van der Waals surface area contributed by atoms with Crippen LogP contribution < -0.4 is 0 Å². The van der Waals surface area contributed by atoms with Gasteiger partial charge in [0.25, 0.3) is 0 Å². The molecule has 1 aliphatic carbocycles. The molecule has 3 rings (SSSR count). The van der Waals surface area contributed by atoms with E-state index in [2.05, 4.69) is 62.4 Å². The van der Waals surface area contributed by atoms with Crippen LogP contribution in [0.5, 0.6) is 0 Å². The van der Waals surface area contributed by atoms with Crippen molar-refractivity contribution in [3.05, 3.63) is 59.7 Å². The number of hydrogen-bond donors (Lipinski definition) is 0. The van der Waals surface area contributed by atoms with Gasteiger partial charge in [0.1, 0.15) is 6.17 Å². The predicted octanol–water partition coefficient (Wildman–Crippen LogP) is 9.28. The number of benzene rings is 2. The van der Waals surface area contributed by atoms with Crippen LogP contribution in [0.1, 0.15) is 102 Å². The van der Waals surface area contributed by atoms with E-state index in [1.54, 1.807) is 0 Å². The zero-order chi connectivity index (χ0) is 21.2. The van der Waals surface area contributed by atoms with E-state index in [1.807, 2.05) is 0 Å². The fourth-order valence-corrected chi connectivity index (χ4v) is 5.26. The van der Waals surface area contributed by atoms with Gasteiger partial charge in [-0.05, 0) is 66.2 Å². The normalized spacial score (nSPS) is 20.2. The minimum absolute atomic E-state index is 0.551. The summed E-state index contributed by atoms with van der Waals surface area (Å²) in [7, 11) is 0. The summed E-state index contributed by atoms with van der Waals surface area (Å²) in [5, 5.41) is 0. The summed E-state index contributed by atoms with van der Waals surface area (Å²) in [5.74, 6) is 1.58. The first-order valence-electron chi connectivity index (χ1n) is 12.5. The minimum Gasteiger partial charge on any atom is -0.247 e. The van der Waals surface area contributed by atoms with E-state index >= 15 is 0 Å².